The van der Waals surface area contributed by atoms with E-state index in [0.29, 0.717) is 0 Å². The van der Waals surface area contributed by atoms with Crippen LogP contribution in [0.2, 0.25) is 0 Å². The number of hydrogen-bond donors (Lipinski definition) is 2. The van der Waals surface area contributed by atoms with E-state index < -0.39 is 0 Å². The van der Waals surface area contributed by atoms with E-state index in [0.717, 1.165) is 0 Å². The third-order valence-corrected chi connectivity index (χ3v) is 3.44. The Hall–Kier alpha value is -1.32. The Morgan fingerprint density at radius 3 is 2.39 bits per heavy atom. The van der Waals surface area contributed by atoms with Crippen molar-refractivity contribution >= 4 is 10.9 Å². The zero-order valence-corrected chi connectivity index (χ0v) is 11.9. The van der Waals surface area contributed by atoms with Crippen molar-refractivity contribution in [1.29, 1.82) is 0 Å². The lowest BCUT2D eigenvalue weighted by Gasteiger charge is -2.36. The number of aromatic amines is 1. The summed E-state index contributed by atoms with van der Waals surface area (Å²) in [6, 6.07) is 8.60. The molecular weight excluding hydrogens is 222 g/mol. The van der Waals surface area contributed by atoms with Gasteiger partial charge in [0, 0.05) is 22.1 Å². The third-order valence-electron chi connectivity index (χ3n) is 3.44. The summed E-state index contributed by atoms with van der Waals surface area (Å²) in [4.78, 5) is 5.65. The number of H-pyrrole nitrogens is 1. The van der Waals surface area contributed by atoms with Gasteiger partial charge in [-0.1, -0.05) is 18.2 Å². The zero-order valence-electron chi connectivity index (χ0n) is 11.9. The fourth-order valence-corrected chi connectivity index (χ4v) is 2.95. The Balaban J connectivity index is 2.68. The first-order valence-electron chi connectivity index (χ1n) is 6.35. The van der Waals surface area contributed by atoms with E-state index in [2.05, 4.69) is 69.0 Å². The van der Waals surface area contributed by atoms with Crippen LogP contribution in [-0.4, -0.2) is 29.5 Å². The van der Waals surface area contributed by atoms with Gasteiger partial charge in [-0.05, 0) is 46.5 Å². The minimum absolute atomic E-state index is 0.189. The second-order valence-electron chi connectivity index (χ2n) is 5.90. The number of likely N-dealkylation sites (N-methyl/N-ethyl adjacent to an activating group) is 1. The van der Waals surface area contributed by atoms with Gasteiger partial charge in [-0.2, -0.15) is 0 Å². The lowest BCUT2D eigenvalue weighted by atomic mass is 9.87. The molecule has 1 atom stereocenters. The topological polar surface area (TPSA) is 45.0 Å². The molecular formula is C15H23N3. The van der Waals surface area contributed by atoms with Crippen molar-refractivity contribution in [1.82, 2.24) is 9.88 Å². The van der Waals surface area contributed by atoms with E-state index in [1.165, 1.54) is 22.2 Å². The Kier molecular flexibility index (Phi) is 3.21. The molecule has 0 radical (unpaired) electrons. The maximum atomic E-state index is 6.38. The minimum atomic E-state index is -0.292. The van der Waals surface area contributed by atoms with Gasteiger partial charge >= 0.3 is 0 Å². The van der Waals surface area contributed by atoms with Crippen molar-refractivity contribution in [3.05, 3.63) is 35.5 Å². The third kappa shape index (κ3) is 2.16. The Morgan fingerprint density at radius 1 is 1.22 bits per heavy atom. The van der Waals surface area contributed by atoms with Crippen LogP contribution in [0.3, 0.4) is 0 Å². The molecule has 3 N–H and O–H groups in total. The van der Waals surface area contributed by atoms with Crippen LogP contribution in [-0.2, 0) is 0 Å². The number of rotatable bonds is 3. The van der Waals surface area contributed by atoms with Gasteiger partial charge in [-0.25, -0.2) is 0 Å². The number of nitrogens with two attached hydrogens (primary N) is 1. The van der Waals surface area contributed by atoms with Crippen LogP contribution in [0.4, 0.5) is 0 Å². The lowest BCUT2D eigenvalue weighted by molar-refractivity contribution is 0.205. The molecule has 1 aromatic carbocycles. The molecule has 0 aliphatic rings. The van der Waals surface area contributed by atoms with Crippen LogP contribution >= 0.6 is 0 Å². The number of fused-ring (bicyclic) bond motifs is 1. The predicted molar refractivity (Wildman–Crippen MR) is 77.7 cm³/mol. The average Bonchev–Trinajstić information content (AvgIpc) is 2.54. The van der Waals surface area contributed by atoms with Gasteiger partial charge in [0.05, 0.1) is 6.04 Å². The zero-order chi connectivity index (χ0) is 13.5. The van der Waals surface area contributed by atoms with E-state index in [1.807, 2.05) is 0 Å². The van der Waals surface area contributed by atoms with Gasteiger partial charge in [0.25, 0.3) is 0 Å². The predicted octanol–water partition coefficient (Wildman–Crippen LogP) is 2.82. The highest BCUT2D eigenvalue weighted by Gasteiger charge is 2.32. The van der Waals surface area contributed by atoms with Crippen LogP contribution in [0.25, 0.3) is 10.9 Å². The monoisotopic (exact) mass is 245 g/mol. The molecule has 0 aliphatic heterocycles. The van der Waals surface area contributed by atoms with Gasteiger partial charge in [0.2, 0.25) is 0 Å². The van der Waals surface area contributed by atoms with Crippen molar-refractivity contribution in [3.8, 4) is 0 Å². The second-order valence-corrected chi connectivity index (χ2v) is 5.90. The van der Waals surface area contributed by atoms with Gasteiger partial charge in [0.15, 0.2) is 0 Å². The summed E-state index contributed by atoms with van der Waals surface area (Å²) in [6.45, 7) is 6.29. The molecule has 3 nitrogen and oxygen atoms in total. The summed E-state index contributed by atoms with van der Waals surface area (Å²) in [5, 5.41) is 1.27. The molecule has 3 heteroatoms. The van der Waals surface area contributed by atoms with Crippen molar-refractivity contribution < 1.29 is 0 Å². The maximum Gasteiger partial charge on any atom is 0.0541 e. The number of aromatic nitrogens is 1. The first kappa shape index (κ1) is 13.1. The maximum absolute atomic E-state index is 6.38. The fraction of sp³-hybridized carbons (Fsp3) is 0.467. The van der Waals surface area contributed by atoms with E-state index in [1.54, 1.807) is 0 Å². The molecule has 0 saturated carbocycles. The second kappa shape index (κ2) is 4.41. The molecule has 2 aromatic rings. The smallest absolute Gasteiger partial charge is 0.0541 e. The molecule has 0 bridgehead atoms. The molecule has 1 heterocycles. The van der Waals surface area contributed by atoms with E-state index in [9.17, 15) is 0 Å². The summed E-state index contributed by atoms with van der Waals surface area (Å²) in [6.07, 6.45) is 0. The van der Waals surface area contributed by atoms with Crippen LogP contribution in [0.1, 0.15) is 31.1 Å². The van der Waals surface area contributed by atoms with Crippen LogP contribution in [0.15, 0.2) is 24.3 Å². The Labute approximate surface area is 109 Å². The highest BCUT2D eigenvalue weighted by atomic mass is 15.1. The summed E-state index contributed by atoms with van der Waals surface area (Å²) >= 11 is 0. The quantitative estimate of drug-likeness (QED) is 0.873. The average molecular weight is 245 g/mol. The van der Waals surface area contributed by atoms with Crippen molar-refractivity contribution in [2.75, 3.05) is 14.1 Å². The number of nitrogens with one attached hydrogen (secondary N) is 1. The molecule has 0 fully saturated rings. The van der Waals surface area contributed by atoms with Gasteiger partial charge < -0.3 is 15.6 Å². The van der Waals surface area contributed by atoms with E-state index >= 15 is 0 Å². The Bertz CT molecular complexity index is 546. The molecule has 2 rings (SSSR count). The van der Waals surface area contributed by atoms with Crippen LogP contribution in [0.5, 0.6) is 0 Å². The number of aryl methyl sites for hydroxylation is 1. The van der Waals surface area contributed by atoms with Crippen LogP contribution < -0.4 is 5.73 Å². The number of benzene rings is 1. The first-order valence-corrected chi connectivity index (χ1v) is 6.35. The highest BCUT2D eigenvalue weighted by Crippen LogP contribution is 2.35. The minimum Gasteiger partial charge on any atom is -0.358 e. The van der Waals surface area contributed by atoms with Gasteiger partial charge in [-0.3, -0.25) is 0 Å². The summed E-state index contributed by atoms with van der Waals surface area (Å²) < 4.78 is 0. The van der Waals surface area contributed by atoms with Crippen molar-refractivity contribution in [2.45, 2.75) is 32.4 Å². The largest absolute Gasteiger partial charge is 0.358 e. The molecule has 0 amide bonds. The number of nitrogens with zero attached hydrogens (tertiary/aromatic N) is 1. The number of hydrogen-bond acceptors (Lipinski definition) is 2. The highest BCUT2D eigenvalue weighted by molar-refractivity contribution is 5.85. The molecule has 0 saturated heterocycles. The fourth-order valence-electron chi connectivity index (χ4n) is 2.95. The summed E-state index contributed by atoms with van der Waals surface area (Å²) in [5.41, 5.74) is 9.78. The molecule has 1 aromatic heterocycles. The Morgan fingerprint density at radius 2 is 1.83 bits per heavy atom. The van der Waals surface area contributed by atoms with Crippen molar-refractivity contribution in [2.24, 2.45) is 5.73 Å². The molecule has 0 aliphatic carbocycles. The van der Waals surface area contributed by atoms with Crippen LogP contribution in [0, 0.1) is 6.92 Å². The van der Waals surface area contributed by atoms with Gasteiger partial charge in [-0.15, -0.1) is 0 Å². The molecule has 98 valence electrons. The molecule has 1 unspecified atom stereocenters. The normalized spacial score (nSPS) is 14.4. The van der Waals surface area contributed by atoms with E-state index in [-0.39, 0.29) is 11.6 Å². The summed E-state index contributed by atoms with van der Waals surface area (Å²) in [5.74, 6) is 0. The first-order chi connectivity index (χ1) is 8.32. The van der Waals surface area contributed by atoms with Gasteiger partial charge in [0.1, 0.15) is 0 Å². The molecule has 18 heavy (non-hydrogen) atoms. The van der Waals surface area contributed by atoms with Crippen molar-refractivity contribution in [3.63, 3.8) is 0 Å². The lowest BCUT2D eigenvalue weighted by Crippen LogP contribution is -2.46. The standard InChI is InChI=1S/C15H23N3/c1-10-13(14(18(4)5)15(2,3)16)11-8-6-7-9-12(11)17-10/h6-9,14,17H,16H2,1-5H3. The molecule has 0 spiro atoms. The summed E-state index contributed by atoms with van der Waals surface area (Å²) in [7, 11) is 4.17. The number of para-hydroxylation sites is 1. The van der Waals surface area contributed by atoms with E-state index in [4.69, 9.17) is 5.73 Å². The SMILES string of the molecule is Cc1[nH]c2ccccc2c1C(N(C)C)C(C)(C)N.